The summed E-state index contributed by atoms with van der Waals surface area (Å²) in [4.78, 5) is 15.5. The van der Waals surface area contributed by atoms with Crippen molar-refractivity contribution in [3.05, 3.63) is 65.9 Å². The quantitative estimate of drug-likeness (QED) is 0.748. The van der Waals surface area contributed by atoms with E-state index in [9.17, 15) is 4.79 Å². The maximum absolute atomic E-state index is 12.2. The summed E-state index contributed by atoms with van der Waals surface area (Å²) < 4.78 is 5.64. The average Bonchev–Trinajstić information content (AvgIpc) is 2.92. The molecule has 1 amide bonds. The highest BCUT2D eigenvalue weighted by molar-refractivity contribution is 5.96. The molecule has 2 N–H and O–H groups in total. The van der Waals surface area contributed by atoms with Crippen molar-refractivity contribution in [1.82, 2.24) is 4.98 Å². The molecule has 23 heavy (non-hydrogen) atoms. The summed E-state index contributed by atoms with van der Waals surface area (Å²) >= 11 is 0. The molecule has 4 heteroatoms. The van der Waals surface area contributed by atoms with E-state index in [-0.39, 0.29) is 5.91 Å². The van der Waals surface area contributed by atoms with Crippen LogP contribution in [0.15, 0.2) is 54.6 Å². The van der Waals surface area contributed by atoms with Gasteiger partial charge < -0.3 is 15.0 Å². The molecule has 0 radical (unpaired) electrons. The van der Waals surface area contributed by atoms with Crippen LogP contribution < -0.4 is 5.32 Å². The second kappa shape index (κ2) is 6.67. The monoisotopic (exact) mass is 308 g/mol. The van der Waals surface area contributed by atoms with Gasteiger partial charge in [0.05, 0.1) is 6.61 Å². The Kier molecular flexibility index (Phi) is 4.44. The summed E-state index contributed by atoms with van der Waals surface area (Å²) in [5.41, 5.74) is 3.99. The van der Waals surface area contributed by atoms with Crippen LogP contribution in [0, 0.1) is 6.92 Å². The van der Waals surface area contributed by atoms with Gasteiger partial charge in [0.1, 0.15) is 6.10 Å². The molecule has 0 aliphatic heterocycles. The molecule has 3 rings (SSSR count). The lowest BCUT2D eigenvalue weighted by Gasteiger charge is -2.13. The van der Waals surface area contributed by atoms with E-state index in [4.69, 9.17) is 4.74 Å². The van der Waals surface area contributed by atoms with Crippen molar-refractivity contribution in [3.63, 3.8) is 0 Å². The average molecular weight is 308 g/mol. The number of nitrogens with one attached hydrogen (secondary N) is 2. The lowest BCUT2D eigenvalue weighted by molar-refractivity contribution is -0.127. The van der Waals surface area contributed by atoms with Crippen LogP contribution in [-0.4, -0.2) is 17.0 Å². The molecular formula is C19H20N2O2. The Balaban J connectivity index is 1.60. The summed E-state index contributed by atoms with van der Waals surface area (Å²) in [5.74, 6) is -0.146. The fourth-order valence-corrected chi connectivity index (χ4v) is 2.47. The second-order valence-electron chi connectivity index (χ2n) is 5.68. The summed E-state index contributed by atoms with van der Waals surface area (Å²) in [5, 5.41) is 3.98. The molecule has 1 aromatic heterocycles. The Bertz CT molecular complexity index is 809. The van der Waals surface area contributed by atoms with Crippen LogP contribution in [0.4, 0.5) is 5.69 Å². The minimum atomic E-state index is -0.515. The van der Waals surface area contributed by atoms with Crippen molar-refractivity contribution in [2.75, 3.05) is 5.32 Å². The van der Waals surface area contributed by atoms with Crippen molar-refractivity contribution >= 4 is 22.5 Å². The summed E-state index contributed by atoms with van der Waals surface area (Å²) in [6.07, 6.45) is -0.515. The third kappa shape index (κ3) is 3.79. The number of aromatic amines is 1. The van der Waals surface area contributed by atoms with E-state index in [1.165, 1.54) is 0 Å². The normalized spacial score (nSPS) is 12.3. The zero-order chi connectivity index (χ0) is 16.2. The summed E-state index contributed by atoms with van der Waals surface area (Å²) in [6, 6.07) is 17.7. The first-order valence-electron chi connectivity index (χ1n) is 7.67. The first-order chi connectivity index (χ1) is 11.1. The number of aromatic nitrogens is 1. The fraction of sp³-hybridized carbons (Fsp3) is 0.211. The van der Waals surface area contributed by atoms with Crippen LogP contribution in [0.5, 0.6) is 0 Å². The Hall–Kier alpha value is -2.59. The molecule has 0 saturated heterocycles. The predicted molar refractivity (Wildman–Crippen MR) is 92.4 cm³/mol. The molecule has 118 valence electrons. The number of hydrogen-bond acceptors (Lipinski definition) is 2. The zero-order valence-electron chi connectivity index (χ0n) is 13.3. The third-order valence-electron chi connectivity index (χ3n) is 3.74. The van der Waals surface area contributed by atoms with Gasteiger partial charge in [-0.15, -0.1) is 0 Å². The SMILES string of the molecule is Cc1cc2cc(NC(=O)[C@H](C)OCc3ccccc3)ccc2[nH]1. The standard InChI is InChI=1S/C19H20N2O2/c1-13-10-16-11-17(8-9-18(16)20-13)21-19(22)14(2)23-12-15-6-4-3-5-7-15/h3-11,14,20H,12H2,1-2H3,(H,21,22)/t14-/m0/s1. The van der Waals surface area contributed by atoms with Gasteiger partial charge in [-0.3, -0.25) is 4.79 Å². The van der Waals surface area contributed by atoms with Gasteiger partial charge in [0.25, 0.3) is 5.91 Å². The van der Waals surface area contributed by atoms with Gasteiger partial charge in [0.15, 0.2) is 0 Å². The molecule has 3 aromatic rings. The second-order valence-corrected chi connectivity index (χ2v) is 5.68. The van der Waals surface area contributed by atoms with Crippen LogP contribution in [0.3, 0.4) is 0 Å². The largest absolute Gasteiger partial charge is 0.364 e. The number of hydrogen-bond donors (Lipinski definition) is 2. The number of ether oxygens (including phenoxy) is 1. The van der Waals surface area contributed by atoms with Gasteiger partial charge in [0, 0.05) is 22.3 Å². The van der Waals surface area contributed by atoms with E-state index in [0.717, 1.165) is 27.8 Å². The van der Waals surface area contributed by atoms with E-state index in [1.54, 1.807) is 6.92 Å². The molecule has 4 nitrogen and oxygen atoms in total. The third-order valence-corrected chi connectivity index (χ3v) is 3.74. The lowest BCUT2D eigenvalue weighted by atomic mass is 10.2. The minimum Gasteiger partial charge on any atom is -0.364 e. The van der Waals surface area contributed by atoms with Crippen molar-refractivity contribution in [3.8, 4) is 0 Å². The van der Waals surface area contributed by atoms with Gasteiger partial charge in [-0.25, -0.2) is 0 Å². The molecule has 0 bridgehead atoms. The Morgan fingerprint density at radius 2 is 1.96 bits per heavy atom. The highest BCUT2D eigenvalue weighted by Gasteiger charge is 2.14. The smallest absolute Gasteiger partial charge is 0.253 e. The molecule has 1 atom stereocenters. The Morgan fingerprint density at radius 3 is 2.74 bits per heavy atom. The number of rotatable bonds is 5. The van der Waals surface area contributed by atoms with Gasteiger partial charge in [-0.05, 0) is 43.7 Å². The van der Waals surface area contributed by atoms with Crippen molar-refractivity contribution in [2.45, 2.75) is 26.6 Å². The van der Waals surface area contributed by atoms with E-state index >= 15 is 0 Å². The molecule has 0 saturated carbocycles. The molecule has 2 aromatic carbocycles. The number of amides is 1. The maximum atomic E-state index is 12.2. The number of carbonyl (C=O) groups excluding carboxylic acids is 1. The summed E-state index contributed by atoms with van der Waals surface area (Å²) in [7, 11) is 0. The zero-order valence-corrected chi connectivity index (χ0v) is 13.3. The highest BCUT2D eigenvalue weighted by atomic mass is 16.5. The van der Waals surface area contributed by atoms with Crippen LogP contribution in [0.1, 0.15) is 18.2 Å². The summed E-state index contributed by atoms with van der Waals surface area (Å²) in [6.45, 7) is 4.19. The first-order valence-corrected chi connectivity index (χ1v) is 7.67. The van der Waals surface area contributed by atoms with Crippen LogP contribution in [-0.2, 0) is 16.1 Å². The molecule has 0 aliphatic carbocycles. The number of H-pyrrole nitrogens is 1. The number of benzene rings is 2. The molecule has 0 unspecified atom stereocenters. The topological polar surface area (TPSA) is 54.1 Å². The van der Waals surface area contributed by atoms with Crippen LogP contribution >= 0.6 is 0 Å². The highest BCUT2D eigenvalue weighted by Crippen LogP contribution is 2.20. The molecule has 0 spiro atoms. The van der Waals surface area contributed by atoms with Crippen LogP contribution in [0.25, 0.3) is 10.9 Å². The fourth-order valence-electron chi connectivity index (χ4n) is 2.47. The Labute approximate surface area is 135 Å². The Morgan fingerprint density at radius 1 is 1.17 bits per heavy atom. The van der Waals surface area contributed by atoms with E-state index in [1.807, 2.05) is 55.5 Å². The van der Waals surface area contributed by atoms with Gasteiger partial charge in [-0.1, -0.05) is 30.3 Å². The van der Waals surface area contributed by atoms with E-state index < -0.39 is 6.10 Å². The van der Waals surface area contributed by atoms with Crippen molar-refractivity contribution in [2.24, 2.45) is 0 Å². The molecule has 1 heterocycles. The minimum absolute atomic E-state index is 0.146. The number of fused-ring (bicyclic) bond motifs is 1. The number of anilines is 1. The first kappa shape index (κ1) is 15.3. The lowest BCUT2D eigenvalue weighted by Crippen LogP contribution is -2.27. The van der Waals surface area contributed by atoms with E-state index in [0.29, 0.717) is 6.61 Å². The molecule has 0 fully saturated rings. The predicted octanol–water partition coefficient (Wildman–Crippen LogP) is 4.02. The van der Waals surface area contributed by atoms with Gasteiger partial charge >= 0.3 is 0 Å². The molecule has 0 aliphatic rings. The van der Waals surface area contributed by atoms with E-state index in [2.05, 4.69) is 16.4 Å². The molecular weight excluding hydrogens is 288 g/mol. The van der Waals surface area contributed by atoms with Gasteiger partial charge in [-0.2, -0.15) is 0 Å². The van der Waals surface area contributed by atoms with Crippen molar-refractivity contribution < 1.29 is 9.53 Å². The van der Waals surface area contributed by atoms with Crippen LogP contribution in [0.2, 0.25) is 0 Å². The maximum Gasteiger partial charge on any atom is 0.253 e. The van der Waals surface area contributed by atoms with Gasteiger partial charge in [0.2, 0.25) is 0 Å². The number of carbonyl (C=O) groups is 1. The van der Waals surface area contributed by atoms with Crippen molar-refractivity contribution in [1.29, 1.82) is 0 Å². The number of aryl methyl sites for hydroxylation is 1.